The number of methoxy groups -OCH3 is 1. The summed E-state index contributed by atoms with van der Waals surface area (Å²) in [4.78, 5) is 19.3. The van der Waals surface area contributed by atoms with Crippen molar-refractivity contribution in [1.82, 2.24) is 20.4 Å². The van der Waals surface area contributed by atoms with Crippen molar-refractivity contribution in [1.29, 1.82) is 0 Å². The molecular formula is C24H27BrN4O3. The van der Waals surface area contributed by atoms with E-state index in [0.717, 1.165) is 48.1 Å². The molecule has 0 saturated carbocycles. The van der Waals surface area contributed by atoms with Gasteiger partial charge in [0.05, 0.1) is 13.7 Å². The van der Waals surface area contributed by atoms with Crippen molar-refractivity contribution >= 4 is 21.8 Å². The SMILES string of the molecule is COc1ccc(CCNC(=O)C2CCN(Cc3nc(-c4ccc(Br)cc4)no3)CC2)cc1. The first-order valence-electron chi connectivity index (χ1n) is 10.8. The number of halogens is 1. The van der Waals surface area contributed by atoms with Crippen LogP contribution < -0.4 is 10.1 Å². The Hall–Kier alpha value is -2.71. The average Bonchev–Trinajstić information content (AvgIpc) is 3.29. The van der Waals surface area contributed by atoms with Gasteiger partial charge >= 0.3 is 0 Å². The van der Waals surface area contributed by atoms with Gasteiger partial charge in [-0.2, -0.15) is 4.98 Å². The Balaban J connectivity index is 1.19. The molecule has 168 valence electrons. The molecule has 0 unspecified atom stereocenters. The molecule has 0 atom stereocenters. The van der Waals surface area contributed by atoms with Crippen LogP contribution in [0.1, 0.15) is 24.3 Å². The topological polar surface area (TPSA) is 80.5 Å². The van der Waals surface area contributed by atoms with Gasteiger partial charge in [-0.25, -0.2) is 0 Å². The number of benzene rings is 2. The van der Waals surface area contributed by atoms with E-state index in [1.807, 2.05) is 48.5 Å². The summed E-state index contributed by atoms with van der Waals surface area (Å²) in [6.45, 7) is 2.93. The van der Waals surface area contributed by atoms with E-state index in [1.165, 1.54) is 5.56 Å². The summed E-state index contributed by atoms with van der Waals surface area (Å²) in [7, 11) is 1.66. The lowest BCUT2D eigenvalue weighted by Gasteiger charge is -2.30. The summed E-state index contributed by atoms with van der Waals surface area (Å²) in [6.07, 6.45) is 2.48. The number of piperidine rings is 1. The number of carbonyl (C=O) groups is 1. The molecule has 2 aromatic carbocycles. The van der Waals surface area contributed by atoms with E-state index in [4.69, 9.17) is 9.26 Å². The van der Waals surface area contributed by atoms with Crippen LogP contribution >= 0.6 is 15.9 Å². The number of likely N-dealkylation sites (tertiary alicyclic amines) is 1. The van der Waals surface area contributed by atoms with Crippen molar-refractivity contribution in [3.05, 3.63) is 64.5 Å². The lowest BCUT2D eigenvalue weighted by Crippen LogP contribution is -2.40. The first-order valence-corrected chi connectivity index (χ1v) is 11.6. The van der Waals surface area contributed by atoms with Gasteiger partial charge in [-0.05, 0) is 74.3 Å². The molecule has 32 heavy (non-hydrogen) atoms. The molecule has 2 heterocycles. The second-order valence-electron chi connectivity index (χ2n) is 7.96. The van der Waals surface area contributed by atoms with E-state index in [9.17, 15) is 4.79 Å². The fourth-order valence-corrected chi connectivity index (χ4v) is 4.11. The van der Waals surface area contributed by atoms with Crippen molar-refractivity contribution in [3.8, 4) is 17.1 Å². The van der Waals surface area contributed by atoms with Crippen molar-refractivity contribution < 1.29 is 14.1 Å². The third-order valence-electron chi connectivity index (χ3n) is 5.76. The quantitative estimate of drug-likeness (QED) is 0.503. The molecule has 1 saturated heterocycles. The average molecular weight is 499 g/mol. The van der Waals surface area contributed by atoms with Crippen LogP contribution in [0.5, 0.6) is 5.75 Å². The number of nitrogens with one attached hydrogen (secondary N) is 1. The maximum atomic E-state index is 12.5. The van der Waals surface area contributed by atoms with E-state index in [1.54, 1.807) is 7.11 Å². The molecule has 1 aromatic heterocycles. The predicted octanol–water partition coefficient (Wildman–Crippen LogP) is 4.08. The molecule has 7 nitrogen and oxygen atoms in total. The van der Waals surface area contributed by atoms with E-state index < -0.39 is 0 Å². The van der Waals surface area contributed by atoms with Crippen LogP contribution in [0.15, 0.2) is 57.5 Å². The first-order chi connectivity index (χ1) is 15.6. The van der Waals surface area contributed by atoms with Crippen LogP contribution in [0.3, 0.4) is 0 Å². The Kier molecular flexibility index (Phi) is 7.55. The summed E-state index contributed by atoms with van der Waals surface area (Å²) < 4.78 is 11.6. The smallest absolute Gasteiger partial charge is 0.241 e. The number of aromatic nitrogens is 2. The molecule has 1 amide bonds. The Labute approximate surface area is 196 Å². The molecule has 0 aliphatic carbocycles. The zero-order chi connectivity index (χ0) is 22.3. The highest BCUT2D eigenvalue weighted by atomic mass is 79.9. The minimum atomic E-state index is 0.0585. The molecule has 1 aliphatic rings. The predicted molar refractivity (Wildman–Crippen MR) is 125 cm³/mol. The summed E-state index contributed by atoms with van der Waals surface area (Å²) in [5.41, 5.74) is 2.11. The van der Waals surface area contributed by atoms with Crippen molar-refractivity contribution in [2.45, 2.75) is 25.8 Å². The van der Waals surface area contributed by atoms with Crippen LogP contribution in [0.25, 0.3) is 11.4 Å². The highest BCUT2D eigenvalue weighted by Gasteiger charge is 2.25. The third kappa shape index (κ3) is 5.95. The Morgan fingerprint density at radius 1 is 1.16 bits per heavy atom. The number of rotatable bonds is 8. The van der Waals surface area contributed by atoms with Gasteiger partial charge in [0.15, 0.2) is 0 Å². The second-order valence-corrected chi connectivity index (χ2v) is 8.87. The largest absolute Gasteiger partial charge is 0.497 e. The van der Waals surface area contributed by atoms with Crippen LogP contribution in [-0.2, 0) is 17.8 Å². The summed E-state index contributed by atoms with van der Waals surface area (Å²) in [5, 5.41) is 7.18. The van der Waals surface area contributed by atoms with Gasteiger partial charge in [0, 0.05) is 22.5 Å². The molecular weight excluding hydrogens is 472 g/mol. The van der Waals surface area contributed by atoms with E-state index in [-0.39, 0.29) is 11.8 Å². The molecule has 0 spiro atoms. The molecule has 1 N–H and O–H groups in total. The Morgan fingerprint density at radius 3 is 2.56 bits per heavy atom. The molecule has 4 rings (SSSR count). The number of nitrogens with zero attached hydrogens (tertiary/aromatic N) is 3. The second kappa shape index (κ2) is 10.7. The summed E-state index contributed by atoms with van der Waals surface area (Å²) >= 11 is 3.43. The zero-order valence-corrected chi connectivity index (χ0v) is 19.7. The monoisotopic (exact) mass is 498 g/mol. The standard InChI is InChI=1S/C24H27BrN4O3/c1-31-21-8-2-17(3-9-21)10-13-26-24(30)19-11-14-29(15-12-19)16-22-27-23(28-32-22)18-4-6-20(25)7-5-18/h2-9,19H,10-16H2,1H3,(H,26,30). The van der Waals surface area contributed by atoms with Gasteiger partial charge in [-0.1, -0.05) is 33.2 Å². The molecule has 0 radical (unpaired) electrons. The minimum absolute atomic E-state index is 0.0585. The first kappa shape index (κ1) is 22.5. The number of carbonyl (C=O) groups excluding carboxylic acids is 1. The maximum absolute atomic E-state index is 12.5. The summed E-state index contributed by atoms with van der Waals surface area (Å²) in [5.74, 6) is 2.25. The van der Waals surface area contributed by atoms with E-state index >= 15 is 0 Å². The van der Waals surface area contributed by atoms with Crippen LogP contribution in [0.4, 0.5) is 0 Å². The van der Waals surface area contributed by atoms with E-state index in [0.29, 0.717) is 24.8 Å². The Bertz CT molecular complexity index is 1010. The number of hydrogen-bond donors (Lipinski definition) is 1. The molecule has 1 aliphatic heterocycles. The third-order valence-corrected chi connectivity index (χ3v) is 6.29. The highest BCUT2D eigenvalue weighted by Crippen LogP contribution is 2.22. The minimum Gasteiger partial charge on any atom is -0.497 e. The fraction of sp³-hybridized carbons (Fsp3) is 0.375. The van der Waals surface area contributed by atoms with Crippen molar-refractivity contribution in [2.24, 2.45) is 5.92 Å². The van der Waals surface area contributed by atoms with Gasteiger partial charge in [-0.3, -0.25) is 9.69 Å². The van der Waals surface area contributed by atoms with Gasteiger partial charge < -0.3 is 14.6 Å². The number of hydrogen-bond acceptors (Lipinski definition) is 6. The Morgan fingerprint density at radius 2 is 1.88 bits per heavy atom. The molecule has 0 bridgehead atoms. The molecule has 1 fully saturated rings. The maximum Gasteiger partial charge on any atom is 0.241 e. The fourth-order valence-electron chi connectivity index (χ4n) is 3.85. The lowest BCUT2D eigenvalue weighted by atomic mass is 9.96. The van der Waals surface area contributed by atoms with Gasteiger partial charge in [0.1, 0.15) is 5.75 Å². The molecule has 3 aromatic rings. The number of ether oxygens (including phenoxy) is 1. The van der Waals surface area contributed by atoms with Crippen LogP contribution in [0.2, 0.25) is 0 Å². The number of amides is 1. The summed E-state index contributed by atoms with van der Waals surface area (Å²) in [6, 6.07) is 15.8. The van der Waals surface area contributed by atoms with Gasteiger partial charge in [0.2, 0.25) is 17.6 Å². The highest BCUT2D eigenvalue weighted by molar-refractivity contribution is 9.10. The van der Waals surface area contributed by atoms with Crippen LogP contribution in [-0.4, -0.2) is 47.7 Å². The normalized spacial score (nSPS) is 14.9. The molecule has 8 heteroatoms. The lowest BCUT2D eigenvalue weighted by molar-refractivity contribution is -0.126. The van der Waals surface area contributed by atoms with E-state index in [2.05, 4.69) is 36.3 Å². The van der Waals surface area contributed by atoms with Gasteiger partial charge in [0.25, 0.3) is 0 Å². The van der Waals surface area contributed by atoms with Crippen molar-refractivity contribution in [3.63, 3.8) is 0 Å². The van der Waals surface area contributed by atoms with Crippen LogP contribution in [0, 0.1) is 5.92 Å². The zero-order valence-electron chi connectivity index (χ0n) is 18.1. The van der Waals surface area contributed by atoms with Gasteiger partial charge in [-0.15, -0.1) is 0 Å². The van der Waals surface area contributed by atoms with Crippen molar-refractivity contribution in [2.75, 3.05) is 26.7 Å².